The molecule has 0 aliphatic carbocycles. The van der Waals surface area contributed by atoms with Crippen LogP contribution in [0.1, 0.15) is 11.3 Å². The molecule has 2 N–H and O–H groups in total. The highest BCUT2D eigenvalue weighted by Gasteiger charge is 2.60. The van der Waals surface area contributed by atoms with E-state index in [1.807, 2.05) is 0 Å². The van der Waals surface area contributed by atoms with Crippen LogP contribution in [0, 0.1) is 5.82 Å². The van der Waals surface area contributed by atoms with Crippen LogP contribution in [0.4, 0.5) is 10.3 Å². The van der Waals surface area contributed by atoms with E-state index >= 15 is 0 Å². The molecule has 10 nitrogen and oxygen atoms in total. The lowest BCUT2D eigenvalue weighted by Gasteiger charge is -2.38. The van der Waals surface area contributed by atoms with Crippen LogP contribution in [0.3, 0.4) is 0 Å². The molecule has 0 radical (unpaired) electrons. The third-order valence-electron chi connectivity index (χ3n) is 5.60. The molecule has 2 aromatic rings. The summed E-state index contributed by atoms with van der Waals surface area (Å²) in [5.41, 5.74) is 5.23. The summed E-state index contributed by atoms with van der Waals surface area (Å²) in [6.45, 7) is 0.233. The molecule has 166 valence electrons. The number of aliphatic imine (C=N–C) groups is 1. The molecule has 0 bridgehead atoms. The van der Waals surface area contributed by atoms with Gasteiger partial charge in [-0.25, -0.2) is 27.1 Å². The van der Waals surface area contributed by atoms with E-state index in [-0.39, 0.29) is 37.2 Å². The Kier molecular flexibility index (Phi) is 5.21. The molecule has 2 atom stereocenters. The van der Waals surface area contributed by atoms with Crippen molar-refractivity contribution in [2.75, 3.05) is 39.3 Å². The van der Waals surface area contributed by atoms with Gasteiger partial charge in [-0.3, -0.25) is 0 Å². The van der Waals surface area contributed by atoms with Crippen LogP contribution < -0.4 is 15.4 Å². The summed E-state index contributed by atoms with van der Waals surface area (Å²) in [5, 5.41) is -1.09. The van der Waals surface area contributed by atoms with Gasteiger partial charge in [-0.1, -0.05) is 18.2 Å². The third kappa shape index (κ3) is 3.35. The average Bonchev–Trinajstić information content (AvgIpc) is 3.14. The van der Waals surface area contributed by atoms with Gasteiger partial charge < -0.3 is 20.1 Å². The molecule has 1 aromatic carbocycles. The van der Waals surface area contributed by atoms with Crippen LogP contribution in [-0.4, -0.2) is 68.3 Å². The minimum absolute atomic E-state index is 0.00260. The maximum Gasteiger partial charge on any atom is 0.244 e. The van der Waals surface area contributed by atoms with E-state index in [1.165, 1.54) is 39.5 Å². The van der Waals surface area contributed by atoms with E-state index in [4.69, 9.17) is 15.2 Å². The summed E-state index contributed by atoms with van der Waals surface area (Å²) in [6.07, 6.45) is 0. The Balaban J connectivity index is 1.88. The molecule has 1 fully saturated rings. The van der Waals surface area contributed by atoms with Gasteiger partial charge in [0.2, 0.25) is 27.8 Å². The van der Waals surface area contributed by atoms with Crippen LogP contribution in [0.25, 0.3) is 0 Å². The van der Waals surface area contributed by atoms with Crippen molar-refractivity contribution in [2.45, 2.75) is 17.4 Å². The lowest BCUT2D eigenvalue weighted by atomic mass is 9.88. The number of guanidine groups is 1. The molecule has 4 rings (SSSR count). The molecular formula is C19H23FN6O4S. The van der Waals surface area contributed by atoms with Crippen molar-refractivity contribution in [2.24, 2.45) is 10.7 Å². The van der Waals surface area contributed by atoms with Crippen LogP contribution in [-0.2, 0) is 26.9 Å². The Morgan fingerprint density at radius 2 is 2.03 bits per heavy atom. The first-order valence-corrected chi connectivity index (χ1v) is 11.0. The number of ether oxygens (including phenoxy) is 2. The highest BCUT2D eigenvalue weighted by Crippen LogP contribution is 2.45. The number of methoxy groups -OCH3 is 2. The summed E-state index contributed by atoms with van der Waals surface area (Å²) in [7, 11) is 0.407. The molecule has 2 aliphatic rings. The first kappa shape index (κ1) is 21.2. The number of nitrogens with two attached hydrogens (primary N) is 1. The van der Waals surface area contributed by atoms with E-state index in [9.17, 15) is 12.8 Å². The smallest absolute Gasteiger partial charge is 0.244 e. The third-order valence-corrected chi connectivity index (χ3v) is 7.81. The first-order valence-electron chi connectivity index (χ1n) is 9.47. The monoisotopic (exact) mass is 450 g/mol. The fourth-order valence-corrected chi connectivity index (χ4v) is 5.86. The number of hydrogen-bond acceptors (Lipinski definition) is 9. The van der Waals surface area contributed by atoms with E-state index in [0.29, 0.717) is 11.6 Å². The van der Waals surface area contributed by atoms with Gasteiger partial charge in [0.15, 0.2) is 0 Å². The molecule has 0 amide bonds. The molecule has 1 saturated heterocycles. The van der Waals surface area contributed by atoms with Gasteiger partial charge in [0.1, 0.15) is 16.6 Å². The van der Waals surface area contributed by atoms with E-state index in [1.54, 1.807) is 17.0 Å². The minimum atomic E-state index is -3.93. The van der Waals surface area contributed by atoms with Crippen molar-refractivity contribution in [3.8, 4) is 5.88 Å². The van der Waals surface area contributed by atoms with Gasteiger partial charge in [-0.2, -0.15) is 4.98 Å². The van der Waals surface area contributed by atoms with Crippen molar-refractivity contribution >= 4 is 21.9 Å². The fraction of sp³-hybridized carbons (Fsp3) is 0.421. The van der Waals surface area contributed by atoms with Crippen LogP contribution >= 0.6 is 0 Å². The summed E-state index contributed by atoms with van der Waals surface area (Å²) < 4.78 is 52.8. The maximum atomic E-state index is 14.9. The van der Waals surface area contributed by atoms with Crippen LogP contribution in [0.2, 0.25) is 0 Å². The number of fused-ring (bicyclic) bond motifs is 1. The summed E-state index contributed by atoms with van der Waals surface area (Å²) in [4.78, 5) is 15.0. The summed E-state index contributed by atoms with van der Waals surface area (Å²) >= 11 is 0. The van der Waals surface area contributed by atoms with Crippen molar-refractivity contribution in [3.05, 3.63) is 47.4 Å². The predicted molar refractivity (Wildman–Crippen MR) is 112 cm³/mol. The highest BCUT2D eigenvalue weighted by molar-refractivity contribution is 7.90. The predicted octanol–water partition coefficient (Wildman–Crippen LogP) is 0.445. The fourth-order valence-electron chi connectivity index (χ4n) is 4.06. The van der Waals surface area contributed by atoms with Gasteiger partial charge in [0.05, 0.1) is 26.0 Å². The Labute approximate surface area is 179 Å². The molecule has 3 heterocycles. The van der Waals surface area contributed by atoms with Gasteiger partial charge in [-0.05, 0) is 6.07 Å². The topological polar surface area (TPSA) is 123 Å². The van der Waals surface area contributed by atoms with Crippen molar-refractivity contribution in [1.82, 2.24) is 14.3 Å². The van der Waals surface area contributed by atoms with Gasteiger partial charge in [-0.15, -0.1) is 0 Å². The van der Waals surface area contributed by atoms with Gasteiger partial charge in [0, 0.05) is 32.3 Å². The number of benzene rings is 1. The standard InChI is InChI=1S/C19H23FN6O4S/c1-25-17(21)24-19(13-6-4-5-7-14(13)20)11-26(9-15(19)31(25,27)28)18-22-12(10-29-2)8-16(23-18)30-3/h4-8,15H,9-11H2,1-3H3,(H2,21,24)/t15-,19-/m1/s1. The quantitative estimate of drug-likeness (QED) is 0.696. The van der Waals surface area contributed by atoms with Crippen LogP contribution in [0.15, 0.2) is 35.3 Å². The van der Waals surface area contributed by atoms with Crippen molar-refractivity contribution in [1.29, 1.82) is 0 Å². The minimum Gasteiger partial charge on any atom is -0.481 e. The zero-order valence-corrected chi connectivity index (χ0v) is 18.1. The number of rotatable bonds is 5. The largest absolute Gasteiger partial charge is 0.481 e. The normalized spacial score (nSPS) is 24.6. The van der Waals surface area contributed by atoms with E-state index < -0.39 is 26.6 Å². The number of hydrogen-bond donors (Lipinski definition) is 1. The van der Waals surface area contributed by atoms with Gasteiger partial charge in [0.25, 0.3) is 0 Å². The highest BCUT2D eigenvalue weighted by atomic mass is 32.2. The molecule has 0 unspecified atom stereocenters. The zero-order chi connectivity index (χ0) is 22.4. The number of halogens is 1. The van der Waals surface area contributed by atoms with E-state index in [0.717, 1.165) is 4.31 Å². The lowest BCUT2D eigenvalue weighted by Crippen LogP contribution is -2.57. The molecule has 2 aliphatic heterocycles. The SMILES string of the molecule is COCc1cc(OC)nc(N2C[C@@H]3[C@](c4ccccc4F)(C2)N=C(N)N(C)S3(=O)=O)n1. The summed E-state index contributed by atoms with van der Waals surface area (Å²) in [5.74, 6) is -0.219. The van der Waals surface area contributed by atoms with Gasteiger partial charge >= 0.3 is 0 Å². The summed E-state index contributed by atoms with van der Waals surface area (Å²) in [6, 6.07) is 7.62. The number of nitrogens with zero attached hydrogens (tertiary/aromatic N) is 5. The Morgan fingerprint density at radius 3 is 2.71 bits per heavy atom. The molecule has 0 spiro atoms. The zero-order valence-electron chi connectivity index (χ0n) is 17.3. The Morgan fingerprint density at radius 1 is 1.29 bits per heavy atom. The molecule has 0 saturated carbocycles. The number of anilines is 1. The Bertz CT molecular complexity index is 1140. The molecular weight excluding hydrogens is 427 g/mol. The second kappa shape index (κ2) is 7.61. The van der Waals surface area contributed by atoms with Crippen molar-refractivity contribution in [3.63, 3.8) is 0 Å². The average molecular weight is 450 g/mol. The molecule has 1 aromatic heterocycles. The number of sulfonamides is 1. The Hall–Kier alpha value is -2.99. The molecule has 12 heteroatoms. The van der Waals surface area contributed by atoms with Crippen LogP contribution in [0.5, 0.6) is 5.88 Å². The maximum absolute atomic E-state index is 14.9. The first-order chi connectivity index (χ1) is 14.7. The lowest BCUT2D eigenvalue weighted by molar-refractivity contribution is 0.181. The van der Waals surface area contributed by atoms with E-state index in [2.05, 4.69) is 15.0 Å². The second-order valence-electron chi connectivity index (χ2n) is 7.39. The second-order valence-corrected chi connectivity index (χ2v) is 9.54. The molecule has 31 heavy (non-hydrogen) atoms. The number of aromatic nitrogens is 2. The van der Waals surface area contributed by atoms with Crippen molar-refractivity contribution < 1.29 is 22.3 Å².